The highest BCUT2D eigenvalue weighted by atomic mass is 35.5. The summed E-state index contributed by atoms with van der Waals surface area (Å²) in [5, 5.41) is 8.44. The van der Waals surface area contributed by atoms with E-state index in [1.165, 1.54) is 12.1 Å². The number of hydrogen-bond donors (Lipinski definition) is 1. The minimum atomic E-state index is -0.287. The van der Waals surface area contributed by atoms with Gasteiger partial charge in [-0.3, -0.25) is 4.79 Å². The van der Waals surface area contributed by atoms with Crippen molar-refractivity contribution in [1.82, 2.24) is 19.9 Å². The van der Waals surface area contributed by atoms with Crippen LogP contribution in [0.15, 0.2) is 67.0 Å². The number of hydrogen-bond acceptors (Lipinski definition) is 4. The standard InChI is InChI=1S/C26H25ClFN5O/c1-17(18-7-9-22(28)10-8-18)30-26(34)20-5-3-12-32(16-20)25-24-15-23(31-33(24)13-11-29-25)19-4-2-6-21(27)14-19/h2,4,6-11,13-15,17,20H,3,5,12,16H2,1H3,(H,30,34)/t17-,20+/m0/s1. The Bertz CT molecular complexity index is 1320. The van der Waals surface area contributed by atoms with Gasteiger partial charge in [-0.15, -0.1) is 0 Å². The summed E-state index contributed by atoms with van der Waals surface area (Å²) in [6.07, 6.45) is 5.26. The number of piperidine rings is 1. The maximum Gasteiger partial charge on any atom is 0.225 e. The first-order valence-corrected chi connectivity index (χ1v) is 11.8. The van der Waals surface area contributed by atoms with Gasteiger partial charge in [0.2, 0.25) is 5.91 Å². The van der Waals surface area contributed by atoms with E-state index in [4.69, 9.17) is 16.7 Å². The predicted octanol–water partition coefficient (Wildman–Crippen LogP) is 5.28. The number of halogens is 2. The molecule has 0 aliphatic carbocycles. The monoisotopic (exact) mass is 477 g/mol. The van der Waals surface area contributed by atoms with Gasteiger partial charge in [-0.25, -0.2) is 13.9 Å². The summed E-state index contributed by atoms with van der Waals surface area (Å²) < 4.78 is 15.0. The molecule has 2 atom stereocenters. The van der Waals surface area contributed by atoms with Crippen molar-refractivity contribution in [2.75, 3.05) is 18.0 Å². The van der Waals surface area contributed by atoms with Crippen LogP contribution in [-0.2, 0) is 4.79 Å². The molecule has 1 aliphatic heterocycles. The maximum atomic E-state index is 13.2. The first kappa shape index (κ1) is 22.3. The Morgan fingerprint density at radius 1 is 1.21 bits per heavy atom. The van der Waals surface area contributed by atoms with Gasteiger partial charge in [-0.2, -0.15) is 5.10 Å². The molecule has 2 aromatic carbocycles. The molecule has 1 N–H and O–H groups in total. The van der Waals surface area contributed by atoms with Crippen LogP contribution < -0.4 is 10.2 Å². The van der Waals surface area contributed by atoms with Gasteiger partial charge in [-0.1, -0.05) is 35.9 Å². The van der Waals surface area contributed by atoms with Crippen molar-refractivity contribution in [3.63, 3.8) is 0 Å². The minimum absolute atomic E-state index is 0.00148. The molecule has 34 heavy (non-hydrogen) atoms. The van der Waals surface area contributed by atoms with Crippen molar-refractivity contribution in [2.24, 2.45) is 5.92 Å². The Balaban J connectivity index is 1.34. The topological polar surface area (TPSA) is 62.5 Å². The molecule has 4 aromatic rings. The Labute approximate surface area is 202 Å². The molecule has 3 heterocycles. The second-order valence-electron chi connectivity index (χ2n) is 8.69. The van der Waals surface area contributed by atoms with Crippen LogP contribution in [0.2, 0.25) is 5.02 Å². The minimum Gasteiger partial charge on any atom is -0.354 e. The van der Waals surface area contributed by atoms with Crippen molar-refractivity contribution in [3.8, 4) is 11.3 Å². The first-order chi connectivity index (χ1) is 16.5. The van der Waals surface area contributed by atoms with E-state index in [0.29, 0.717) is 11.6 Å². The molecular weight excluding hydrogens is 453 g/mol. The number of fused-ring (bicyclic) bond motifs is 1. The number of nitrogens with one attached hydrogen (secondary N) is 1. The number of carbonyl (C=O) groups excluding carboxylic acids is 1. The molecule has 0 unspecified atom stereocenters. The molecule has 5 rings (SSSR count). The fraction of sp³-hybridized carbons (Fsp3) is 0.269. The summed E-state index contributed by atoms with van der Waals surface area (Å²) in [7, 11) is 0. The van der Waals surface area contributed by atoms with E-state index in [1.54, 1.807) is 18.3 Å². The van der Waals surface area contributed by atoms with Crippen LogP contribution in [0.3, 0.4) is 0 Å². The molecule has 174 valence electrons. The molecular formula is C26H25ClFN5O. The normalized spacial score (nSPS) is 17.0. The fourth-order valence-corrected chi connectivity index (χ4v) is 4.68. The van der Waals surface area contributed by atoms with E-state index in [0.717, 1.165) is 47.5 Å². The number of nitrogens with zero attached hydrogens (tertiary/aromatic N) is 4. The maximum absolute atomic E-state index is 13.2. The lowest BCUT2D eigenvalue weighted by molar-refractivity contribution is -0.125. The van der Waals surface area contributed by atoms with Gasteiger partial charge in [0, 0.05) is 36.1 Å². The molecule has 1 saturated heterocycles. The van der Waals surface area contributed by atoms with Crippen LogP contribution in [0.25, 0.3) is 16.8 Å². The Morgan fingerprint density at radius 2 is 2.03 bits per heavy atom. The lowest BCUT2D eigenvalue weighted by Gasteiger charge is -2.33. The fourth-order valence-electron chi connectivity index (χ4n) is 4.49. The van der Waals surface area contributed by atoms with Crippen LogP contribution in [-0.4, -0.2) is 33.6 Å². The third-order valence-corrected chi connectivity index (χ3v) is 6.55. The molecule has 2 aromatic heterocycles. The van der Waals surface area contributed by atoms with Crippen molar-refractivity contribution in [3.05, 3.63) is 83.4 Å². The first-order valence-electron chi connectivity index (χ1n) is 11.4. The number of amides is 1. The van der Waals surface area contributed by atoms with Gasteiger partial charge < -0.3 is 10.2 Å². The summed E-state index contributed by atoms with van der Waals surface area (Å²) in [5.41, 5.74) is 3.52. The van der Waals surface area contributed by atoms with E-state index in [2.05, 4.69) is 15.2 Å². The highest BCUT2D eigenvalue weighted by molar-refractivity contribution is 6.30. The van der Waals surface area contributed by atoms with Crippen molar-refractivity contribution < 1.29 is 9.18 Å². The molecule has 0 bridgehead atoms. The van der Waals surface area contributed by atoms with E-state index in [9.17, 15) is 9.18 Å². The van der Waals surface area contributed by atoms with E-state index < -0.39 is 0 Å². The van der Waals surface area contributed by atoms with Crippen LogP contribution >= 0.6 is 11.6 Å². The third kappa shape index (κ3) is 4.61. The second-order valence-corrected chi connectivity index (χ2v) is 9.12. The summed E-state index contributed by atoms with van der Waals surface area (Å²) in [4.78, 5) is 19.8. The third-order valence-electron chi connectivity index (χ3n) is 6.31. The van der Waals surface area contributed by atoms with E-state index in [-0.39, 0.29) is 23.7 Å². The molecule has 0 spiro atoms. The molecule has 1 amide bonds. The molecule has 1 aliphatic rings. The zero-order valence-corrected chi connectivity index (χ0v) is 19.5. The summed E-state index contributed by atoms with van der Waals surface area (Å²) in [5.74, 6) is 0.369. The van der Waals surface area contributed by atoms with Gasteiger partial charge in [0.1, 0.15) is 11.3 Å². The smallest absolute Gasteiger partial charge is 0.225 e. The lowest BCUT2D eigenvalue weighted by Crippen LogP contribution is -2.44. The van der Waals surface area contributed by atoms with Crippen molar-refractivity contribution in [1.29, 1.82) is 0 Å². The second kappa shape index (κ2) is 9.43. The van der Waals surface area contributed by atoms with Crippen molar-refractivity contribution in [2.45, 2.75) is 25.8 Å². The van der Waals surface area contributed by atoms with Crippen LogP contribution in [0, 0.1) is 11.7 Å². The van der Waals surface area contributed by atoms with Crippen LogP contribution in [0.5, 0.6) is 0 Å². The van der Waals surface area contributed by atoms with E-state index in [1.807, 2.05) is 48.0 Å². The van der Waals surface area contributed by atoms with Gasteiger partial charge >= 0.3 is 0 Å². The molecule has 6 nitrogen and oxygen atoms in total. The number of anilines is 1. The largest absolute Gasteiger partial charge is 0.354 e. The van der Waals surface area contributed by atoms with Gasteiger partial charge in [-0.05, 0) is 55.7 Å². The Morgan fingerprint density at radius 3 is 2.82 bits per heavy atom. The highest BCUT2D eigenvalue weighted by Crippen LogP contribution is 2.29. The predicted molar refractivity (Wildman–Crippen MR) is 131 cm³/mol. The van der Waals surface area contributed by atoms with Crippen LogP contribution in [0.1, 0.15) is 31.4 Å². The summed E-state index contributed by atoms with van der Waals surface area (Å²) in [6, 6.07) is 15.7. The Kier molecular flexibility index (Phi) is 6.20. The summed E-state index contributed by atoms with van der Waals surface area (Å²) >= 11 is 6.16. The zero-order valence-electron chi connectivity index (χ0n) is 18.8. The van der Waals surface area contributed by atoms with Crippen molar-refractivity contribution >= 4 is 28.8 Å². The lowest BCUT2D eigenvalue weighted by atomic mass is 9.96. The zero-order chi connectivity index (χ0) is 23.7. The Hall–Kier alpha value is -3.45. The van der Waals surface area contributed by atoms with E-state index >= 15 is 0 Å². The number of benzene rings is 2. The SMILES string of the molecule is C[C@H](NC(=O)[C@@H]1CCCN(c2nccn3nc(-c4cccc(Cl)c4)cc23)C1)c1ccc(F)cc1. The van der Waals surface area contributed by atoms with Gasteiger partial charge in [0.25, 0.3) is 0 Å². The average Bonchev–Trinajstić information content (AvgIpc) is 3.29. The molecule has 8 heteroatoms. The van der Waals surface area contributed by atoms with Gasteiger partial charge in [0.05, 0.1) is 17.7 Å². The molecule has 0 radical (unpaired) electrons. The van der Waals surface area contributed by atoms with Gasteiger partial charge in [0.15, 0.2) is 5.82 Å². The molecule has 1 fully saturated rings. The highest BCUT2D eigenvalue weighted by Gasteiger charge is 2.28. The summed E-state index contributed by atoms with van der Waals surface area (Å²) in [6.45, 7) is 3.31. The number of rotatable bonds is 5. The van der Waals surface area contributed by atoms with Crippen LogP contribution in [0.4, 0.5) is 10.2 Å². The quantitative estimate of drug-likeness (QED) is 0.424. The molecule has 0 saturated carbocycles. The number of carbonyl (C=O) groups is 1. The number of aromatic nitrogens is 3. The average molecular weight is 478 g/mol.